The zero-order valence-electron chi connectivity index (χ0n) is 6.51. The van der Waals surface area contributed by atoms with Crippen LogP contribution in [0.25, 0.3) is 0 Å². The van der Waals surface area contributed by atoms with E-state index in [0.29, 0.717) is 0 Å². The summed E-state index contributed by atoms with van der Waals surface area (Å²) in [6.07, 6.45) is -16.6. The lowest BCUT2D eigenvalue weighted by Crippen LogP contribution is -2.54. The number of methoxy groups -OCH3 is 1. The quantitative estimate of drug-likeness (QED) is 0.680. The molecule has 0 rings (SSSR count). The molecule has 1 unspecified atom stereocenters. The normalized spacial score (nSPS) is 16.9. The molecule has 0 aromatic heterocycles. The summed E-state index contributed by atoms with van der Waals surface area (Å²) in [4.78, 5) is 0. The zero-order valence-corrected chi connectivity index (χ0v) is 6.51. The Morgan fingerprint density at radius 3 is 1.50 bits per heavy atom. The third-order valence-electron chi connectivity index (χ3n) is 1.25. The molecule has 0 amide bonds. The first-order valence-electron chi connectivity index (χ1n) is 2.98. The van der Waals surface area contributed by atoms with Gasteiger partial charge < -0.3 is 4.74 Å². The molecule has 0 aliphatic carbocycles. The van der Waals surface area contributed by atoms with Gasteiger partial charge in [0.05, 0.1) is 0 Å². The van der Waals surface area contributed by atoms with Gasteiger partial charge in [-0.1, -0.05) is 0 Å². The van der Waals surface area contributed by atoms with E-state index >= 15 is 0 Å². The lowest BCUT2D eigenvalue weighted by Gasteiger charge is -2.28. The van der Waals surface area contributed by atoms with Crippen molar-refractivity contribution >= 4 is 0 Å². The van der Waals surface area contributed by atoms with E-state index in [1.165, 1.54) is 0 Å². The summed E-state index contributed by atoms with van der Waals surface area (Å²) in [5.41, 5.74) is 0. The van der Waals surface area contributed by atoms with Gasteiger partial charge in [-0.15, -0.1) is 0 Å². The van der Waals surface area contributed by atoms with Crippen LogP contribution >= 0.6 is 0 Å². The van der Waals surface area contributed by atoms with Crippen LogP contribution in [0.3, 0.4) is 0 Å². The van der Waals surface area contributed by atoms with Gasteiger partial charge in [-0.25, -0.2) is 4.39 Å². The molecule has 14 heavy (non-hydrogen) atoms. The molecule has 0 fully saturated rings. The van der Waals surface area contributed by atoms with Crippen molar-refractivity contribution in [3.8, 4) is 0 Å². The topological polar surface area (TPSA) is 9.23 Å². The molecule has 0 bridgehead atoms. The van der Waals surface area contributed by atoms with Crippen LogP contribution in [0.15, 0.2) is 0 Å². The highest BCUT2D eigenvalue weighted by atomic mass is 19.4. The summed E-state index contributed by atoms with van der Waals surface area (Å²) in [7, 11) is 0.0387. The molecular formula is C5H4F8O. The maximum atomic E-state index is 12.1. The SMILES string of the molecule is COC(F)(F)C(F)(F)C(F)C(F)(F)F. The van der Waals surface area contributed by atoms with Crippen LogP contribution in [0.1, 0.15) is 0 Å². The van der Waals surface area contributed by atoms with Crippen LogP contribution in [0, 0.1) is 0 Å². The number of hydrogen-bond acceptors (Lipinski definition) is 1. The highest BCUT2D eigenvalue weighted by molar-refractivity contribution is 4.89. The molecule has 0 radical (unpaired) electrons. The lowest BCUT2D eigenvalue weighted by molar-refractivity contribution is -0.380. The molecule has 1 atom stereocenters. The summed E-state index contributed by atoms with van der Waals surface area (Å²) in [6, 6.07) is 0. The van der Waals surface area contributed by atoms with Gasteiger partial charge in [0.15, 0.2) is 0 Å². The second kappa shape index (κ2) is 3.52. The third kappa shape index (κ3) is 2.25. The summed E-state index contributed by atoms with van der Waals surface area (Å²) in [6.45, 7) is 0. The van der Waals surface area contributed by atoms with Crippen molar-refractivity contribution in [1.82, 2.24) is 0 Å². The number of halogens is 8. The van der Waals surface area contributed by atoms with E-state index in [-0.39, 0.29) is 7.11 Å². The molecular weight excluding hydrogens is 228 g/mol. The molecule has 0 aliphatic rings. The largest absolute Gasteiger partial charge is 0.426 e. The van der Waals surface area contributed by atoms with E-state index in [1.807, 2.05) is 0 Å². The first-order chi connectivity index (χ1) is 5.97. The van der Waals surface area contributed by atoms with Crippen molar-refractivity contribution in [2.24, 2.45) is 0 Å². The minimum atomic E-state index is -6.08. The minimum Gasteiger partial charge on any atom is -0.319 e. The molecule has 0 heterocycles. The summed E-state index contributed by atoms with van der Waals surface area (Å²) in [5.74, 6) is -5.96. The Morgan fingerprint density at radius 1 is 0.929 bits per heavy atom. The fourth-order valence-corrected chi connectivity index (χ4v) is 0.489. The Morgan fingerprint density at radius 2 is 1.29 bits per heavy atom. The van der Waals surface area contributed by atoms with Crippen molar-refractivity contribution in [1.29, 1.82) is 0 Å². The minimum absolute atomic E-state index is 0.0387. The molecule has 86 valence electrons. The molecule has 9 heteroatoms. The van der Waals surface area contributed by atoms with Gasteiger partial charge in [0.1, 0.15) is 0 Å². The summed E-state index contributed by atoms with van der Waals surface area (Å²) in [5, 5.41) is 0. The van der Waals surface area contributed by atoms with Crippen molar-refractivity contribution in [2.75, 3.05) is 7.11 Å². The van der Waals surface area contributed by atoms with Crippen LogP contribution in [0.2, 0.25) is 0 Å². The monoisotopic (exact) mass is 232 g/mol. The van der Waals surface area contributed by atoms with Crippen LogP contribution in [-0.4, -0.2) is 31.5 Å². The van der Waals surface area contributed by atoms with Crippen LogP contribution in [-0.2, 0) is 4.74 Å². The smallest absolute Gasteiger partial charge is 0.319 e. The average molecular weight is 232 g/mol. The number of ether oxygens (including phenoxy) is 1. The number of hydrogen-bond donors (Lipinski definition) is 0. The molecule has 0 spiro atoms. The van der Waals surface area contributed by atoms with Crippen LogP contribution < -0.4 is 0 Å². The van der Waals surface area contributed by atoms with Crippen molar-refractivity contribution < 1.29 is 39.9 Å². The Bertz CT molecular complexity index is 196. The molecule has 0 aromatic rings. The molecule has 0 saturated heterocycles. The van der Waals surface area contributed by atoms with Gasteiger partial charge >= 0.3 is 18.2 Å². The standard InChI is InChI=1S/C5H4F8O/c1-14-5(12,13)3(7,8)2(6)4(9,10)11/h2H,1H3. The van der Waals surface area contributed by atoms with E-state index < -0.39 is 24.4 Å². The molecule has 0 N–H and O–H groups in total. The highest BCUT2D eigenvalue weighted by Crippen LogP contribution is 2.44. The zero-order chi connectivity index (χ0) is 11.8. The highest BCUT2D eigenvalue weighted by Gasteiger charge is 2.70. The molecule has 0 aromatic carbocycles. The first-order valence-corrected chi connectivity index (χ1v) is 2.98. The summed E-state index contributed by atoms with van der Waals surface area (Å²) >= 11 is 0. The maximum Gasteiger partial charge on any atom is 0.426 e. The van der Waals surface area contributed by atoms with Gasteiger partial charge in [-0.05, 0) is 0 Å². The second-order valence-electron chi connectivity index (χ2n) is 2.25. The van der Waals surface area contributed by atoms with Crippen LogP contribution in [0.5, 0.6) is 0 Å². The molecule has 0 aliphatic heterocycles. The first kappa shape index (κ1) is 13.4. The Balaban J connectivity index is 4.96. The Labute approximate surface area is 72.6 Å². The number of alkyl halides is 8. The lowest BCUT2D eigenvalue weighted by atomic mass is 10.2. The Kier molecular flexibility index (Phi) is 3.37. The fraction of sp³-hybridized carbons (Fsp3) is 1.00. The molecule has 0 saturated carbocycles. The Hall–Kier alpha value is -0.600. The third-order valence-corrected chi connectivity index (χ3v) is 1.25. The number of rotatable bonds is 3. The van der Waals surface area contributed by atoms with Crippen molar-refractivity contribution in [2.45, 2.75) is 24.4 Å². The van der Waals surface area contributed by atoms with Gasteiger partial charge in [0, 0.05) is 7.11 Å². The van der Waals surface area contributed by atoms with Gasteiger partial charge in [-0.3, -0.25) is 0 Å². The predicted molar refractivity (Wildman–Crippen MR) is 27.9 cm³/mol. The summed E-state index contributed by atoms with van der Waals surface area (Å²) < 4.78 is 97.1. The van der Waals surface area contributed by atoms with Crippen LogP contribution in [0.4, 0.5) is 35.1 Å². The van der Waals surface area contributed by atoms with E-state index in [4.69, 9.17) is 0 Å². The van der Waals surface area contributed by atoms with Gasteiger partial charge in [0.25, 0.3) is 6.17 Å². The fourth-order valence-electron chi connectivity index (χ4n) is 0.489. The van der Waals surface area contributed by atoms with Gasteiger partial charge in [-0.2, -0.15) is 30.7 Å². The molecule has 1 nitrogen and oxygen atoms in total. The van der Waals surface area contributed by atoms with E-state index in [0.717, 1.165) is 0 Å². The van der Waals surface area contributed by atoms with E-state index in [1.54, 1.807) is 0 Å². The van der Waals surface area contributed by atoms with E-state index in [9.17, 15) is 35.1 Å². The van der Waals surface area contributed by atoms with Crippen molar-refractivity contribution in [3.63, 3.8) is 0 Å². The predicted octanol–water partition coefficient (Wildman–Crippen LogP) is 2.76. The maximum absolute atomic E-state index is 12.1. The van der Waals surface area contributed by atoms with Gasteiger partial charge in [0.2, 0.25) is 0 Å². The second-order valence-corrected chi connectivity index (χ2v) is 2.25. The van der Waals surface area contributed by atoms with E-state index in [2.05, 4.69) is 4.74 Å². The average Bonchev–Trinajstić information content (AvgIpc) is 2.01. The van der Waals surface area contributed by atoms with Crippen molar-refractivity contribution in [3.05, 3.63) is 0 Å².